The normalized spacial score (nSPS) is 15.9. The second kappa shape index (κ2) is 3.12. The average Bonchev–Trinajstić information content (AvgIpc) is 1.86. The molecule has 0 nitrogen and oxygen atoms in total. The summed E-state index contributed by atoms with van der Waals surface area (Å²) in [4.78, 5) is 0. The van der Waals surface area contributed by atoms with Gasteiger partial charge in [0.05, 0.1) is 0 Å². The molecule has 0 aliphatic heterocycles. The fourth-order valence-corrected chi connectivity index (χ4v) is 0.554. The summed E-state index contributed by atoms with van der Waals surface area (Å²) in [6.07, 6.45) is 7.56. The van der Waals surface area contributed by atoms with Gasteiger partial charge in [0.1, 0.15) is 0 Å². The van der Waals surface area contributed by atoms with E-state index in [4.69, 9.17) is 0 Å². The molecule has 0 amide bonds. The fourth-order valence-electron chi connectivity index (χ4n) is 0.554. The van der Waals surface area contributed by atoms with Gasteiger partial charge in [-0.1, -0.05) is 23.8 Å². The Kier molecular flexibility index (Phi) is 3.15. The predicted molar refractivity (Wildman–Crippen MR) is 27.5 cm³/mol. The first kappa shape index (κ1) is 7.06. The smallest absolute Gasteiger partial charge is 0 e. The SMILES string of the molecule is CC1=CC=CC1.[V]. The van der Waals surface area contributed by atoms with Gasteiger partial charge in [0.25, 0.3) is 0 Å². The summed E-state index contributed by atoms with van der Waals surface area (Å²) in [5, 5.41) is 0. The Morgan fingerprint density at radius 2 is 2.29 bits per heavy atom. The van der Waals surface area contributed by atoms with Gasteiger partial charge < -0.3 is 0 Å². The molecular formula is C6H8V. The Morgan fingerprint density at radius 3 is 2.43 bits per heavy atom. The van der Waals surface area contributed by atoms with Crippen LogP contribution in [0.25, 0.3) is 0 Å². The van der Waals surface area contributed by atoms with Crippen LogP contribution in [0.4, 0.5) is 0 Å². The van der Waals surface area contributed by atoms with Gasteiger partial charge in [-0.15, -0.1) is 0 Å². The molecule has 37 valence electrons. The first-order chi connectivity index (χ1) is 2.89. The molecule has 7 heavy (non-hydrogen) atoms. The van der Waals surface area contributed by atoms with Gasteiger partial charge >= 0.3 is 0 Å². The molecule has 0 N–H and O–H groups in total. The minimum atomic E-state index is 0. The second-order valence-electron chi connectivity index (χ2n) is 1.65. The van der Waals surface area contributed by atoms with Crippen LogP contribution in [0.15, 0.2) is 23.8 Å². The van der Waals surface area contributed by atoms with Crippen LogP contribution < -0.4 is 0 Å². The van der Waals surface area contributed by atoms with Crippen molar-refractivity contribution in [3.8, 4) is 0 Å². The van der Waals surface area contributed by atoms with Crippen molar-refractivity contribution in [2.24, 2.45) is 0 Å². The summed E-state index contributed by atoms with van der Waals surface area (Å²) in [5.74, 6) is 0. The van der Waals surface area contributed by atoms with E-state index in [1.807, 2.05) is 0 Å². The monoisotopic (exact) mass is 131 g/mol. The van der Waals surface area contributed by atoms with Crippen LogP contribution in [0.1, 0.15) is 13.3 Å². The molecule has 0 aromatic carbocycles. The molecule has 0 fully saturated rings. The standard InChI is InChI=1S/C6H8.V/c1-6-4-2-3-5-6;/h2-4H,5H2,1H3;. The third-order valence-corrected chi connectivity index (χ3v) is 0.957. The molecule has 1 radical (unpaired) electrons. The van der Waals surface area contributed by atoms with Crippen LogP contribution in [0.3, 0.4) is 0 Å². The average molecular weight is 131 g/mol. The van der Waals surface area contributed by atoms with Gasteiger partial charge in [-0.25, -0.2) is 0 Å². The molecule has 1 heteroatoms. The van der Waals surface area contributed by atoms with Crippen molar-refractivity contribution in [3.63, 3.8) is 0 Å². The van der Waals surface area contributed by atoms with Crippen LogP contribution in [0, 0.1) is 0 Å². The van der Waals surface area contributed by atoms with E-state index in [-0.39, 0.29) is 18.6 Å². The molecule has 0 saturated heterocycles. The Hall–Kier alpha value is 0.0644. The molecule has 0 atom stereocenters. The third-order valence-electron chi connectivity index (χ3n) is 0.957. The molecule has 0 bridgehead atoms. The molecule has 0 heterocycles. The van der Waals surface area contributed by atoms with Crippen LogP contribution >= 0.6 is 0 Å². The molecule has 0 aromatic heterocycles. The number of rotatable bonds is 0. The summed E-state index contributed by atoms with van der Waals surface area (Å²) in [7, 11) is 0. The van der Waals surface area contributed by atoms with Crippen molar-refractivity contribution in [2.45, 2.75) is 13.3 Å². The molecule has 0 aromatic rings. The number of allylic oxidation sites excluding steroid dienone is 4. The van der Waals surface area contributed by atoms with E-state index < -0.39 is 0 Å². The summed E-state index contributed by atoms with van der Waals surface area (Å²) in [6.45, 7) is 2.14. The van der Waals surface area contributed by atoms with Gasteiger partial charge in [0, 0.05) is 18.6 Å². The first-order valence-electron chi connectivity index (χ1n) is 2.22. The van der Waals surface area contributed by atoms with Crippen LogP contribution in [-0.2, 0) is 18.6 Å². The summed E-state index contributed by atoms with van der Waals surface area (Å²) < 4.78 is 0. The van der Waals surface area contributed by atoms with E-state index in [0.29, 0.717) is 0 Å². The van der Waals surface area contributed by atoms with E-state index in [0.717, 1.165) is 0 Å². The Morgan fingerprint density at radius 1 is 1.57 bits per heavy atom. The Labute approximate surface area is 56.2 Å². The van der Waals surface area contributed by atoms with Gasteiger partial charge in [0.15, 0.2) is 0 Å². The van der Waals surface area contributed by atoms with Gasteiger partial charge in [-0.3, -0.25) is 0 Å². The largest absolute Gasteiger partial charge is 0.0805 e. The Bertz CT molecular complexity index is 101. The van der Waals surface area contributed by atoms with Crippen molar-refractivity contribution in [1.29, 1.82) is 0 Å². The molecule has 1 rings (SSSR count). The van der Waals surface area contributed by atoms with Crippen LogP contribution in [-0.4, -0.2) is 0 Å². The van der Waals surface area contributed by atoms with Crippen molar-refractivity contribution in [3.05, 3.63) is 23.8 Å². The topological polar surface area (TPSA) is 0 Å². The van der Waals surface area contributed by atoms with Gasteiger partial charge in [-0.2, -0.15) is 0 Å². The summed E-state index contributed by atoms with van der Waals surface area (Å²) >= 11 is 0. The maximum Gasteiger partial charge on any atom is 0 e. The molecule has 1 aliphatic carbocycles. The van der Waals surface area contributed by atoms with Gasteiger partial charge in [-0.05, 0) is 13.3 Å². The molecule has 0 saturated carbocycles. The minimum Gasteiger partial charge on any atom is -0.0805 e. The van der Waals surface area contributed by atoms with E-state index >= 15 is 0 Å². The molecule has 0 spiro atoms. The van der Waals surface area contributed by atoms with Crippen molar-refractivity contribution >= 4 is 0 Å². The zero-order valence-electron chi connectivity index (χ0n) is 4.39. The maximum absolute atomic E-state index is 2.16. The van der Waals surface area contributed by atoms with E-state index in [1.165, 1.54) is 12.0 Å². The minimum absolute atomic E-state index is 0. The molecular weight excluding hydrogens is 123 g/mol. The second-order valence-corrected chi connectivity index (χ2v) is 1.65. The first-order valence-corrected chi connectivity index (χ1v) is 2.22. The quantitative estimate of drug-likeness (QED) is 0.471. The summed E-state index contributed by atoms with van der Waals surface area (Å²) in [5.41, 5.74) is 1.47. The Balaban J connectivity index is 0.000000360. The maximum atomic E-state index is 2.16. The van der Waals surface area contributed by atoms with E-state index in [2.05, 4.69) is 25.2 Å². The third kappa shape index (κ3) is 2.01. The van der Waals surface area contributed by atoms with E-state index in [9.17, 15) is 0 Å². The van der Waals surface area contributed by atoms with Crippen LogP contribution in [0.2, 0.25) is 0 Å². The zero-order valence-corrected chi connectivity index (χ0v) is 5.78. The predicted octanol–water partition coefficient (Wildman–Crippen LogP) is 1.89. The van der Waals surface area contributed by atoms with E-state index in [1.54, 1.807) is 0 Å². The molecule has 1 aliphatic rings. The van der Waals surface area contributed by atoms with Gasteiger partial charge in [0.2, 0.25) is 0 Å². The van der Waals surface area contributed by atoms with Crippen molar-refractivity contribution < 1.29 is 18.6 Å². The van der Waals surface area contributed by atoms with Crippen molar-refractivity contribution in [2.75, 3.05) is 0 Å². The summed E-state index contributed by atoms with van der Waals surface area (Å²) in [6, 6.07) is 0. The molecule has 0 unspecified atom stereocenters. The number of hydrogen-bond acceptors (Lipinski definition) is 0. The number of hydrogen-bond donors (Lipinski definition) is 0. The fraction of sp³-hybridized carbons (Fsp3) is 0.333. The van der Waals surface area contributed by atoms with Crippen molar-refractivity contribution in [1.82, 2.24) is 0 Å². The van der Waals surface area contributed by atoms with Crippen LogP contribution in [0.5, 0.6) is 0 Å². The zero-order chi connectivity index (χ0) is 4.41.